The van der Waals surface area contributed by atoms with Crippen LogP contribution < -0.4 is 10.0 Å². The van der Waals surface area contributed by atoms with Crippen molar-refractivity contribution in [2.75, 3.05) is 5.75 Å². The average molecular weight is 342 g/mol. The molecule has 0 aliphatic carbocycles. The number of carboxylic acid groups (broad SMARTS) is 1. The van der Waals surface area contributed by atoms with Crippen molar-refractivity contribution in [3.63, 3.8) is 0 Å². The van der Waals surface area contributed by atoms with Crippen LogP contribution in [0.2, 0.25) is 0 Å². The number of carbonyl (C=O) groups is 2. The first-order chi connectivity index (χ1) is 10.7. The second-order valence-electron chi connectivity index (χ2n) is 5.23. The van der Waals surface area contributed by atoms with E-state index in [4.69, 9.17) is 5.11 Å². The molecule has 3 N–H and O–H groups in total. The van der Waals surface area contributed by atoms with Crippen molar-refractivity contribution < 1.29 is 23.1 Å². The van der Waals surface area contributed by atoms with Gasteiger partial charge in [0.15, 0.2) is 0 Å². The summed E-state index contributed by atoms with van der Waals surface area (Å²) in [4.78, 5) is 22.5. The Balaban J connectivity index is 2.55. The summed E-state index contributed by atoms with van der Waals surface area (Å²) in [6, 6.07) is 6.32. The van der Waals surface area contributed by atoms with Crippen LogP contribution in [0.25, 0.3) is 0 Å². The number of hydrogen-bond donors (Lipinski definition) is 3. The molecule has 0 saturated heterocycles. The number of nitrogens with one attached hydrogen (secondary N) is 2. The number of benzene rings is 1. The summed E-state index contributed by atoms with van der Waals surface area (Å²) in [5, 5.41) is 11.3. The molecular formula is C15H22N2O5S. The van der Waals surface area contributed by atoms with E-state index < -0.39 is 16.0 Å². The summed E-state index contributed by atoms with van der Waals surface area (Å²) < 4.78 is 25.2. The molecule has 1 aromatic rings. The van der Waals surface area contributed by atoms with E-state index in [0.29, 0.717) is 12.0 Å². The molecule has 1 aromatic carbocycles. The van der Waals surface area contributed by atoms with Crippen molar-refractivity contribution >= 4 is 21.9 Å². The first kappa shape index (κ1) is 19.1. The van der Waals surface area contributed by atoms with Crippen LogP contribution in [-0.2, 0) is 21.4 Å². The summed E-state index contributed by atoms with van der Waals surface area (Å²) in [7, 11) is -3.25. The zero-order chi connectivity index (χ0) is 17.5. The highest BCUT2D eigenvalue weighted by Gasteiger charge is 2.11. The quantitative estimate of drug-likeness (QED) is 0.622. The van der Waals surface area contributed by atoms with E-state index in [9.17, 15) is 18.0 Å². The van der Waals surface area contributed by atoms with Crippen molar-refractivity contribution in [1.29, 1.82) is 0 Å². The highest BCUT2D eigenvalue weighted by atomic mass is 32.2. The van der Waals surface area contributed by atoms with Crippen molar-refractivity contribution in [2.24, 2.45) is 0 Å². The SMILES string of the molecule is CCS(=O)(=O)NCc1ccc(C(=O)NC(C)CCC(=O)O)cc1. The van der Waals surface area contributed by atoms with E-state index in [1.54, 1.807) is 38.1 Å². The Kier molecular flexibility index (Phi) is 7.18. The van der Waals surface area contributed by atoms with Crippen LogP contribution in [0.15, 0.2) is 24.3 Å². The molecule has 0 radical (unpaired) electrons. The fraction of sp³-hybridized carbons (Fsp3) is 0.467. The molecule has 1 rings (SSSR count). The molecule has 0 fully saturated rings. The fourth-order valence-electron chi connectivity index (χ4n) is 1.79. The summed E-state index contributed by atoms with van der Waals surface area (Å²) in [6.45, 7) is 3.48. The van der Waals surface area contributed by atoms with Crippen molar-refractivity contribution in [3.8, 4) is 0 Å². The van der Waals surface area contributed by atoms with Gasteiger partial charge >= 0.3 is 5.97 Å². The third-order valence-electron chi connectivity index (χ3n) is 3.26. The molecule has 8 heteroatoms. The van der Waals surface area contributed by atoms with Crippen molar-refractivity contribution in [3.05, 3.63) is 35.4 Å². The number of amides is 1. The van der Waals surface area contributed by atoms with Gasteiger partial charge in [-0.15, -0.1) is 0 Å². The zero-order valence-electron chi connectivity index (χ0n) is 13.2. The molecule has 0 aliphatic heterocycles. The molecule has 0 aromatic heterocycles. The van der Waals surface area contributed by atoms with Gasteiger partial charge in [-0.1, -0.05) is 12.1 Å². The number of aliphatic carboxylic acids is 1. The molecule has 23 heavy (non-hydrogen) atoms. The van der Waals surface area contributed by atoms with Gasteiger partial charge in [0.1, 0.15) is 0 Å². The topological polar surface area (TPSA) is 113 Å². The Hall–Kier alpha value is -1.93. The van der Waals surface area contributed by atoms with Crippen LogP contribution in [-0.4, -0.2) is 37.2 Å². The molecule has 0 aliphatic rings. The summed E-state index contributed by atoms with van der Waals surface area (Å²) in [5.41, 5.74) is 1.19. The maximum atomic E-state index is 12.0. The predicted molar refractivity (Wildman–Crippen MR) is 86.5 cm³/mol. The van der Waals surface area contributed by atoms with E-state index in [-0.39, 0.29) is 30.7 Å². The molecule has 128 valence electrons. The highest BCUT2D eigenvalue weighted by molar-refractivity contribution is 7.89. The zero-order valence-corrected chi connectivity index (χ0v) is 14.0. The van der Waals surface area contributed by atoms with Crippen LogP contribution in [0.3, 0.4) is 0 Å². The number of rotatable bonds is 9. The second kappa shape index (κ2) is 8.64. The lowest BCUT2D eigenvalue weighted by atomic mass is 10.1. The Morgan fingerprint density at radius 3 is 2.35 bits per heavy atom. The monoisotopic (exact) mass is 342 g/mol. The third-order valence-corrected chi connectivity index (χ3v) is 4.61. The lowest BCUT2D eigenvalue weighted by Gasteiger charge is -2.13. The van der Waals surface area contributed by atoms with Gasteiger partial charge in [-0.3, -0.25) is 9.59 Å². The van der Waals surface area contributed by atoms with Gasteiger partial charge in [-0.05, 0) is 38.0 Å². The van der Waals surface area contributed by atoms with E-state index in [2.05, 4.69) is 10.0 Å². The van der Waals surface area contributed by atoms with Crippen LogP contribution in [0.1, 0.15) is 42.6 Å². The van der Waals surface area contributed by atoms with Gasteiger partial charge in [-0.2, -0.15) is 0 Å². The molecule has 0 bridgehead atoms. The van der Waals surface area contributed by atoms with Gasteiger partial charge in [-0.25, -0.2) is 13.1 Å². The Morgan fingerprint density at radius 1 is 1.22 bits per heavy atom. The summed E-state index contributed by atoms with van der Waals surface area (Å²) in [6.07, 6.45) is 0.357. The molecule has 7 nitrogen and oxygen atoms in total. The predicted octanol–water partition coefficient (Wildman–Crippen LogP) is 1.11. The molecule has 1 amide bonds. The van der Waals surface area contributed by atoms with Crippen molar-refractivity contribution in [1.82, 2.24) is 10.0 Å². The lowest BCUT2D eigenvalue weighted by Crippen LogP contribution is -2.33. The molecule has 0 heterocycles. The van der Waals surface area contributed by atoms with E-state index in [1.807, 2.05) is 0 Å². The smallest absolute Gasteiger partial charge is 0.303 e. The van der Waals surface area contributed by atoms with Gasteiger partial charge in [0.25, 0.3) is 5.91 Å². The maximum Gasteiger partial charge on any atom is 0.303 e. The standard InChI is InChI=1S/C15H22N2O5S/c1-3-23(21,22)16-10-12-5-7-13(8-6-12)15(20)17-11(2)4-9-14(18)19/h5-8,11,16H,3-4,9-10H2,1-2H3,(H,17,20)(H,18,19). The van der Waals surface area contributed by atoms with E-state index >= 15 is 0 Å². The second-order valence-corrected chi connectivity index (χ2v) is 7.32. The Morgan fingerprint density at radius 2 is 1.83 bits per heavy atom. The highest BCUT2D eigenvalue weighted by Crippen LogP contribution is 2.06. The van der Waals surface area contributed by atoms with E-state index in [1.165, 1.54) is 0 Å². The molecule has 1 unspecified atom stereocenters. The van der Waals surface area contributed by atoms with Gasteiger partial charge < -0.3 is 10.4 Å². The Bertz CT molecular complexity index is 640. The minimum absolute atomic E-state index is 0.00203. The number of carboxylic acids is 1. The third kappa shape index (κ3) is 7.25. The molecule has 1 atom stereocenters. The first-order valence-electron chi connectivity index (χ1n) is 7.32. The minimum Gasteiger partial charge on any atom is -0.481 e. The normalized spacial score (nSPS) is 12.6. The number of carbonyl (C=O) groups excluding carboxylic acids is 1. The summed E-state index contributed by atoms with van der Waals surface area (Å²) >= 11 is 0. The average Bonchev–Trinajstić information content (AvgIpc) is 2.51. The van der Waals surface area contributed by atoms with Crippen LogP contribution >= 0.6 is 0 Å². The Labute approximate surface area is 136 Å². The van der Waals surface area contributed by atoms with E-state index in [0.717, 1.165) is 5.56 Å². The fourth-order valence-corrected chi connectivity index (χ4v) is 2.38. The first-order valence-corrected chi connectivity index (χ1v) is 8.97. The summed E-state index contributed by atoms with van der Waals surface area (Å²) in [5.74, 6) is -1.17. The minimum atomic E-state index is -3.25. The molecule has 0 saturated carbocycles. The van der Waals surface area contributed by atoms with Gasteiger partial charge in [0, 0.05) is 24.6 Å². The number of hydrogen-bond acceptors (Lipinski definition) is 4. The van der Waals surface area contributed by atoms with Crippen LogP contribution in [0, 0.1) is 0 Å². The van der Waals surface area contributed by atoms with Gasteiger partial charge in [0.05, 0.1) is 5.75 Å². The van der Waals surface area contributed by atoms with Crippen LogP contribution in [0.4, 0.5) is 0 Å². The largest absolute Gasteiger partial charge is 0.481 e. The van der Waals surface area contributed by atoms with Crippen molar-refractivity contribution in [2.45, 2.75) is 39.3 Å². The molecular weight excluding hydrogens is 320 g/mol. The van der Waals surface area contributed by atoms with Crippen LogP contribution in [0.5, 0.6) is 0 Å². The number of sulfonamides is 1. The lowest BCUT2D eigenvalue weighted by molar-refractivity contribution is -0.137. The molecule has 0 spiro atoms. The van der Waals surface area contributed by atoms with Gasteiger partial charge in [0.2, 0.25) is 10.0 Å². The maximum absolute atomic E-state index is 12.0.